The van der Waals surface area contributed by atoms with Gasteiger partial charge in [-0.3, -0.25) is 9.59 Å². The molecule has 2 aromatic carbocycles. The molecule has 0 atom stereocenters. The first-order chi connectivity index (χ1) is 11.6. The minimum atomic E-state index is -0.510. The topological polar surface area (TPSA) is 64.0 Å². The summed E-state index contributed by atoms with van der Waals surface area (Å²) in [6, 6.07) is 20.8. The molecule has 4 nitrogen and oxygen atoms in total. The number of nitrogens with two attached hydrogens (primary N) is 1. The molecule has 0 aliphatic rings. The molecule has 0 radical (unpaired) electrons. The highest BCUT2D eigenvalue weighted by molar-refractivity contribution is 5.95. The van der Waals surface area contributed by atoms with Crippen molar-refractivity contribution < 1.29 is 31.1 Å². The number of carbonyl (C=O) groups is 2. The normalized spacial score (nSPS) is 9.92. The van der Waals surface area contributed by atoms with Gasteiger partial charge in [0.2, 0.25) is 12.3 Å². The quantitative estimate of drug-likeness (QED) is 0.472. The van der Waals surface area contributed by atoms with Crippen LogP contribution < -0.4 is 27.3 Å². The molecular formula is C20H17BrN2O2. The number of pyridine rings is 1. The van der Waals surface area contributed by atoms with E-state index < -0.39 is 5.91 Å². The predicted molar refractivity (Wildman–Crippen MR) is 91.4 cm³/mol. The smallest absolute Gasteiger partial charge is 0.254 e. The maximum absolute atomic E-state index is 12.4. The number of primary amides is 1. The van der Waals surface area contributed by atoms with E-state index in [9.17, 15) is 9.59 Å². The van der Waals surface area contributed by atoms with Crippen LogP contribution in [-0.4, -0.2) is 11.7 Å². The van der Waals surface area contributed by atoms with Crippen LogP contribution in [0.4, 0.5) is 0 Å². The number of Topliss-reactive ketones (excluding diaryl/α,β-unsaturated/α-hetero) is 1. The van der Waals surface area contributed by atoms with Crippen molar-refractivity contribution in [1.82, 2.24) is 0 Å². The van der Waals surface area contributed by atoms with Crippen LogP contribution in [0.1, 0.15) is 20.7 Å². The number of halogens is 1. The van der Waals surface area contributed by atoms with Gasteiger partial charge in [0.25, 0.3) is 5.91 Å². The molecule has 1 heterocycles. The van der Waals surface area contributed by atoms with Crippen molar-refractivity contribution >= 4 is 11.7 Å². The van der Waals surface area contributed by atoms with E-state index in [1.165, 1.54) is 0 Å². The van der Waals surface area contributed by atoms with E-state index in [0.717, 1.165) is 11.1 Å². The fourth-order valence-electron chi connectivity index (χ4n) is 2.50. The molecule has 1 aromatic heterocycles. The predicted octanol–water partition coefficient (Wildman–Crippen LogP) is -0.373. The van der Waals surface area contributed by atoms with Crippen molar-refractivity contribution in [3.63, 3.8) is 0 Å². The van der Waals surface area contributed by atoms with Gasteiger partial charge in [-0.05, 0) is 17.2 Å². The number of hydrogen-bond donors (Lipinski definition) is 1. The van der Waals surface area contributed by atoms with Gasteiger partial charge in [0, 0.05) is 11.6 Å². The molecule has 3 rings (SSSR count). The molecule has 126 valence electrons. The van der Waals surface area contributed by atoms with Gasteiger partial charge in [-0.25, -0.2) is 0 Å². The Hall–Kier alpha value is -2.79. The van der Waals surface area contributed by atoms with Gasteiger partial charge in [-0.2, -0.15) is 4.57 Å². The average Bonchev–Trinajstić information content (AvgIpc) is 2.63. The first-order valence-electron chi connectivity index (χ1n) is 7.61. The third-order valence-corrected chi connectivity index (χ3v) is 3.78. The van der Waals surface area contributed by atoms with Gasteiger partial charge in [-0.1, -0.05) is 54.6 Å². The lowest BCUT2D eigenvalue weighted by Gasteiger charge is -2.03. The zero-order valence-corrected chi connectivity index (χ0v) is 15.0. The minimum absolute atomic E-state index is 0. The number of carbonyl (C=O) groups excluding carboxylic acids is 2. The lowest BCUT2D eigenvalue weighted by molar-refractivity contribution is -0.683. The van der Waals surface area contributed by atoms with Crippen LogP contribution in [-0.2, 0) is 6.54 Å². The zero-order chi connectivity index (χ0) is 16.9. The second kappa shape index (κ2) is 8.35. The molecule has 3 aromatic rings. The van der Waals surface area contributed by atoms with Crippen LogP contribution >= 0.6 is 0 Å². The molecule has 2 N–H and O–H groups in total. The lowest BCUT2D eigenvalue weighted by Crippen LogP contribution is -3.00. The van der Waals surface area contributed by atoms with Crippen LogP contribution in [0.25, 0.3) is 11.1 Å². The summed E-state index contributed by atoms with van der Waals surface area (Å²) in [5.41, 5.74) is 8.45. The standard InChI is InChI=1S/C20H16N2O2.BrH/c21-20(24)18-7-4-12-22(13-18)14-19(23)17-10-8-16(9-11-17)15-5-2-1-3-6-15;/h1-13H,14H2,(H-,21,24);1H. The van der Waals surface area contributed by atoms with E-state index in [2.05, 4.69) is 0 Å². The molecule has 5 heteroatoms. The van der Waals surface area contributed by atoms with E-state index in [1.54, 1.807) is 29.1 Å². The maximum Gasteiger partial charge on any atom is 0.254 e. The van der Waals surface area contributed by atoms with Crippen molar-refractivity contribution in [3.8, 4) is 11.1 Å². The lowest BCUT2D eigenvalue weighted by atomic mass is 10.0. The number of hydrogen-bond acceptors (Lipinski definition) is 2. The van der Waals surface area contributed by atoms with Crippen LogP contribution in [0.3, 0.4) is 0 Å². The summed E-state index contributed by atoms with van der Waals surface area (Å²) >= 11 is 0. The summed E-state index contributed by atoms with van der Waals surface area (Å²) in [7, 11) is 0. The Morgan fingerprint density at radius 1 is 0.800 bits per heavy atom. The fourth-order valence-corrected chi connectivity index (χ4v) is 2.50. The van der Waals surface area contributed by atoms with E-state index in [1.807, 2.05) is 54.6 Å². The van der Waals surface area contributed by atoms with E-state index >= 15 is 0 Å². The fraction of sp³-hybridized carbons (Fsp3) is 0.0500. The molecule has 0 fully saturated rings. The largest absolute Gasteiger partial charge is 1.00 e. The Morgan fingerprint density at radius 3 is 2.08 bits per heavy atom. The van der Waals surface area contributed by atoms with Crippen molar-refractivity contribution in [2.75, 3.05) is 0 Å². The highest BCUT2D eigenvalue weighted by Gasteiger charge is 2.14. The summed E-state index contributed by atoms with van der Waals surface area (Å²) in [6.45, 7) is 0.159. The highest BCUT2D eigenvalue weighted by atomic mass is 79.9. The number of benzene rings is 2. The average molecular weight is 397 g/mol. The van der Waals surface area contributed by atoms with E-state index in [4.69, 9.17) is 5.73 Å². The molecule has 0 spiro atoms. The molecule has 1 amide bonds. The van der Waals surface area contributed by atoms with Gasteiger partial charge in [0.1, 0.15) is 5.56 Å². The van der Waals surface area contributed by atoms with E-state index in [0.29, 0.717) is 11.1 Å². The van der Waals surface area contributed by atoms with Gasteiger partial charge in [0.15, 0.2) is 12.4 Å². The second-order valence-corrected chi connectivity index (χ2v) is 5.50. The number of aromatic nitrogens is 1. The summed E-state index contributed by atoms with van der Waals surface area (Å²) in [6.07, 6.45) is 3.32. The Labute approximate surface area is 156 Å². The molecule has 0 saturated heterocycles. The number of amides is 1. The number of ketones is 1. The van der Waals surface area contributed by atoms with Crippen LogP contribution in [0.2, 0.25) is 0 Å². The Kier molecular flexibility index (Phi) is 6.19. The van der Waals surface area contributed by atoms with Crippen LogP contribution in [0.5, 0.6) is 0 Å². The minimum Gasteiger partial charge on any atom is -1.00 e. The SMILES string of the molecule is NC(=O)c1ccc[n+](CC(=O)c2ccc(-c3ccccc3)cc2)c1.[Br-]. The summed E-state index contributed by atoms with van der Waals surface area (Å²) in [5.74, 6) is -0.537. The first-order valence-corrected chi connectivity index (χ1v) is 7.61. The Morgan fingerprint density at radius 2 is 1.44 bits per heavy atom. The summed E-state index contributed by atoms with van der Waals surface area (Å²) in [5, 5.41) is 0. The highest BCUT2D eigenvalue weighted by Crippen LogP contribution is 2.19. The van der Waals surface area contributed by atoms with E-state index in [-0.39, 0.29) is 29.3 Å². The first kappa shape index (κ1) is 18.5. The van der Waals surface area contributed by atoms with Gasteiger partial charge < -0.3 is 22.7 Å². The Balaban J connectivity index is 0.00000225. The molecular weight excluding hydrogens is 380 g/mol. The van der Waals surface area contributed by atoms with Crippen molar-refractivity contribution in [2.24, 2.45) is 5.73 Å². The molecule has 25 heavy (non-hydrogen) atoms. The van der Waals surface area contributed by atoms with Gasteiger partial charge in [-0.15, -0.1) is 0 Å². The molecule has 0 unspecified atom stereocenters. The van der Waals surface area contributed by atoms with Crippen LogP contribution in [0, 0.1) is 0 Å². The zero-order valence-electron chi connectivity index (χ0n) is 13.4. The third kappa shape index (κ3) is 4.61. The third-order valence-electron chi connectivity index (χ3n) is 3.78. The van der Waals surface area contributed by atoms with Crippen LogP contribution in [0.15, 0.2) is 79.1 Å². The number of nitrogens with zero attached hydrogens (tertiary/aromatic N) is 1. The maximum atomic E-state index is 12.4. The van der Waals surface area contributed by atoms with Gasteiger partial charge in [0.05, 0.1) is 0 Å². The molecule has 0 bridgehead atoms. The molecule has 0 aliphatic heterocycles. The monoisotopic (exact) mass is 396 g/mol. The number of rotatable bonds is 5. The molecule has 0 aliphatic carbocycles. The van der Waals surface area contributed by atoms with Crippen molar-refractivity contribution in [1.29, 1.82) is 0 Å². The summed E-state index contributed by atoms with van der Waals surface area (Å²) < 4.78 is 1.66. The second-order valence-electron chi connectivity index (χ2n) is 5.50. The van der Waals surface area contributed by atoms with Crippen molar-refractivity contribution in [2.45, 2.75) is 6.54 Å². The van der Waals surface area contributed by atoms with Gasteiger partial charge >= 0.3 is 0 Å². The molecule has 0 saturated carbocycles. The summed E-state index contributed by atoms with van der Waals surface area (Å²) in [4.78, 5) is 23.6. The van der Waals surface area contributed by atoms with Crippen molar-refractivity contribution in [3.05, 3.63) is 90.3 Å². The Bertz CT molecular complexity index is 878.